The van der Waals surface area contributed by atoms with E-state index in [-0.39, 0.29) is 29.5 Å². The minimum Gasteiger partial charge on any atom is -0.326 e. The molecule has 0 radical (unpaired) electrons. The van der Waals surface area contributed by atoms with Gasteiger partial charge in [0.15, 0.2) is 0 Å². The number of hydrogen-bond acceptors (Lipinski definition) is 5. The molecule has 4 rings (SSSR count). The molecule has 0 spiro atoms. The second-order valence-electron chi connectivity index (χ2n) is 8.01. The number of halogens is 1. The third kappa shape index (κ3) is 5.13. The molecule has 180 valence electrons. The molecule has 3 amide bonds. The van der Waals surface area contributed by atoms with Crippen LogP contribution in [0.25, 0.3) is 0 Å². The van der Waals surface area contributed by atoms with Crippen LogP contribution >= 0.6 is 0 Å². The second kappa shape index (κ2) is 9.77. The van der Waals surface area contributed by atoms with Crippen molar-refractivity contribution in [3.63, 3.8) is 0 Å². The minimum absolute atomic E-state index is 0.0944. The van der Waals surface area contributed by atoms with Crippen molar-refractivity contribution in [3.05, 3.63) is 90.2 Å². The van der Waals surface area contributed by atoms with Crippen molar-refractivity contribution >= 4 is 39.1 Å². The topological polar surface area (TPSA) is 104 Å². The SMILES string of the molecule is CC(=O)Nc1ccc(S(=O)(=O)N(Cc2ccccc2)C2CC(=O)N(c3ccc(F)cc3)C2=O)cc1. The van der Waals surface area contributed by atoms with Gasteiger partial charge in [-0.25, -0.2) is 17.7 Å². The van der Waals surface area contributed by atoms with Gasteiger partial charge in [-0.1, -0.05) is 30.3 Å². The molecule has 0 aromatic heterocycles. The van der Waals surface area contributed by atoms with Crippen LogP contribution in [-0.2, 0) is 31.0 Å². The lowest BCUT2D eigenvalue weighted by atomic mass is 10.2. The molecule has 0 bridgehead atoms. The Bertz CT molecular complexity index is 1360. The molecule has 1 aliphatic rings. The number of sulfonamides is 1. The Morgan fingerprint density at radius 1 is 1.00 bits per heavy atom. The van der Waals surface area contributed by atoms with Crippen molar-refractivity contribution in [1.82, 2.24) is 4.31 Å². The fourth-order valence-corrected chi connectivity index (χ4v) is 5.45. The predicted octanol–water partition coefficient (Wildman–Crippen LogP) is 3.31. The summed E-state index contributed by atoms with van der Waals surface area (Å²) >= 11 is 0. The van der Waals surface area contributed by atoms with Gasteiger partial charge in [-0.05, 0) is 54.1 Å². The molecular weight excluding hydrogens is 473 g/mol. The van der Waals surface area contributed by atoms with E-state index in [1.54, 1.807) is 30.3 Å². The first-order valence-corrected chi connectivity index (χ1v) is 12.2. The Balaban J connectivity index is 1.71. The first-order valence-electron chi connectivity index (χ1n) is 10.7. The van der Waals surface area contributed by atoms with Crippen LogP contribution in [-0.4, -0.2) is 36.5 Å². The Labute approximate surface area is 202 Å². The summed E-state index contributed by atoms with van der Waals surface area (Å²) in [6.45, 7) is 1.19. The average molecular weight is 496 g/mol. The maximum Gasteiger partial charge on any atom is 0.252 e. The van der Waals surface area contributed by atoms with Crippen LogP contribution in [0, 0.1) is 5.82 Å². The highest BCUT2D eigenvalue weighted by Crippen LogP contribution is 2.31. The lowest BCUT2D eigenvalue weighted by molar-refractivity contribution is -0.122. The van der Waals surface area contributed by atoms with Crippen molar-refractivity contribution in [1.29, 1.82) is 0 Å². The van der Waals surface area contributed by atoms with E-state index in [0.29, 0.717) is 11.3 Å². The molecule has 1 heterocycles. The standard InChI is InChI=1S/C25H22FN3O5S/c1-17(30)27-20-9-13-22(14-10-20)35(33,34)28(16-18-5-3-2-4-6-18)23-15-24(31)29(25(23)32)21-11-7-19(26)8-12-21/h2-14,23H,15-16H2,1H3,(H,27,30). The van der Waals surface area contributed by atoms with E-state index >= 15 is 0 Å². The fourth-order valence-electron chi connectivity index (χ4n) is 3.88. The molecule has 1 fully saturated rings. The van der Waals surface area contributed by atoms with Crippen LogP contribution in [0.4, 0.5) is 15.8 Å². The van der Waals surface area contributed by atoms with Crippen LogP contribution in [0.3, 0.4) is 0 Å². The summed E-state index contributed by atoms with van der Waals surface area (Å²) in [4.78, 5) is 38.2. The number of rotatable bonds is 7. The number of nitrogens with one attached hydrogen (secondary N) is 1. The maximum atomic E-state index is 13.7. The van der Waals surface area contributed by atoms with Gasteiger partial charge >= 0.3 is 0 Å². The van der Waals surface area contributed by atoms with Crippen LogP contribution in [0.15, 0.2) is 83.8 Å². The number of hydrogen-bond donors (Lipinski definition) is 1. The summed E-state index contributed by atoms with van der Waals surface area (Å²) in [7, 11) is -4.24. The van der Waals surface area contributed by atoms with E-state index in [4.69, 9.17) is 0 Å². The Hall–Kier alpha value is -3.89. The molecular formula is C25H22FN3O5S. The quantitative estimate of drug-likeness (QED) is 0.507. The number of nitrogens with zero attached hydrogens (tertiary/aromatic N) is 2. The van der Waals surface area contributed by atoms with Crippen molar-refractivity contribution < 1.29 is 27.2 Å². The normalized spacial score (nSPS) is 16.1. The average Bonchev–Trinajstić information content (AvgIpc) is 3.12. The molecule has 3 aromatic rings. The Morgan fingerprint density at radius 3 is 2.23 bits per heavy atom. The molecule has 1 N–H and O–H groups in total. The van der Waals surface area contributed by atoms with E-state index in [9.17, 15) is 27.2 Å². The molecule has 3 aromatic carbocycles. The first kappa shape index (κ1) is 24.2. The van der Waals surface area contributed by atoms with Crippen molar-refractivity contribution in [2.45, 2.75) is 30.8 Å². The lowest BCUT2D eigenvalue weighted by Gasteiger charge is -2.27. The van der Waals surface area contributed by atoms with E-state index in [2.05, 4.69) is 5.32 Å². The summed E-state index contributed by atoms with van der Waals surface area (Å²) in [6.07, 6.45) is -0.355. The number of benzene rings is 3. The third-order valence-corrected chi connectivity index (χ3v) is 7.39. The zero-order valence-electron chi connectivity index (χ0n) is 18.7. The zero-order chi connectivity index (χ0) is 25.2. The molecule has 1 saturated heterocycles. The van der Waals surface area contributed by atoms with Crippen LogP contribution < -0.4 is 10.2 Å². The van der Waals surface area contributed by atoms with Crippen LogP contribution in [0.1, 0.15) is 18.9 Å². The second-order valence-corrected chi connectivity index (χ2v) is 9.90. The summed E-state index contributed by atoms with van der Waals surface area (Å²) in [5.41, 5.74) is 1.22. The number of carbonyl (C=O) groups is 3. The van der Waals surface area contributed by atoms with Gasteiger partial charge in [0.05, 0.1) is 17.0 Å². The number of imide groups is 1. The minimum atomic E-state index is -4.24. The zero-order valence-corrected chi connectivity index (χ0v) is 19.5. The largest absolute Gasteiger partial charge is 0.326 e. The summed E-state index contributed by atoms with van der Waals surface area (Å²) in [6, 6.07) is 17.8. The Kier molecular flexibility index (Phi) is 6.77. The Morgan fingerprint density at radius 2 is 1.63 bits per heavy atom. The predicted molar refractivity (Wildman–Crippen MR) is 127 cm³/mol. The number of carbonyl (C=O) groups excluding carboxylic acids is 3. The number of amides is 3. The van der Waals surface area contributed by atoms with Crippen molar-refractivity contribution in [3.8, 4) is 0 Å². The highest BCUT2D eigenvalue weighted by Gasteiger charge is 2.47. The third-order valence-electron chi connectivity index (χ3n) is 5.52. The van der Waals surface area contributed by atoms with Gasteiger partial charge in [-0.15, -0.1) is 0 Å². The molecule has 1 unspecified atom stereocenters. The van der Waals surface area contributed by atoms with Crippen LogP contribution in [0.2, 0.25) is 0 Å². The molecule has 35 heavy (non-hydrogen) atoms. The van der Waals surface area contributed by atoms with Gasteiger partial charge in [0.1, 0.15) is 11.9 Å². The van der Waals surface area contributed by atoms with Gasteiger partial charge < -0.3 is 5.32 Å². The molecule has 10 heteroatoms. The van der Waals surface area contributed by atoms with E-state index in [1.165, 1.54) is 43.3 Å². The highest BCUT2D eigenvalue weighted by atomic mass is 32.2. The maximum absolute atomic E-state index is 13.7. The number of anilines is 2. The van der Waals surface area contributed by atoms with Crippen molar-refractivity contribution in [2.24, 2.45) is 0 Å². The summed E-state index contributed by atoms with van der Waals surface area (Å²) in [5, 5.41) is 2.57. The molecule has 0 saturated carbocycles. The summed E-state index contributed by atoms with van der Waals surface area (Å²) < 4.78 is 41.8. The fraction of sp³-hybridized carbons (Fsp3) is 0.160. The molecule has 0 aliphatic carbocycles. The monoisotopic (exact) mass is 495 g/mol. The summed E-state index contributed by atoms with van der Waals surface area (Å²) in [5.74, 6) is -2.13. The van der Waals surface area contributed by atoms with Crippen LogP contribution in [0.5, 0.6) is 0 Å². The van der Waals surface area contributed by atoms with E-state index in [1.807, 2.05) is 0 Å². The highest BCUT2D eigenvalue weighted by molar-refractivity contribution is 7.89. The first-order chi connectivity index (χ1) is 16.7. The molecule has 1 atom stereocenters. The van der Waals surface area contributed by atoms with Gasteiger partial charge in [0.2, 0.25) is 21.8 Å². The lowest BCUT2D eigenvalue weighted by Crippen LogP contribution is -2.45. The van der Waals surface area contributed by atoms with E-state index < -0.39 is 33.7 Å². The van der Waals surface area contributed by atoms with Crippen molar-refractivity contribution in [2.75, 3.05) is 10.2 Å². The smallest absolute Gasteiger partial charge is 0.252 e. The molecule has 8 nitrogen and oxygen atoms in total. The molecule has 1 aliphatic heterocycles. The van der Waals surface area contributed by atoms with Gasteiger partial charge in [-0.2, -0.15) is 4.31 Å². The van der Waals surface area contributed by atoms with Gasteiger partial charge in [0.25, 0.3) is 5.91 Å². The van der Waals surface area contributed by atoms with Gasteiger partial charge in [-0.3, -0.25) is 14.4 Å². The van der Waals surface area contributed by atoms with E-state index in [0.717, 1.165) is 21.3 Å². The van der Waals surface area contributed by atoms with Gasteiger partial charge in [0, 0.05) is 19.2 Å².